The average Bonchev–Trinajstić information content (AvgIpc) is 2.18. The predicted octanol–water partition coefficient (Wildman–Crippen LogP) is 2.07. The molecule has 86 valence electrons. The molecule has 0 aliphatic rings. The van der Waals surface area contributed by atoms with Gasteiger partial charge in [-0.2, -0.15) is 0 Å². The second-order valence-corrected chi connectivity index (χ2v) is 4.85. The number of hydrogen-bond donors (Lipinski definition) is 1. The number of aryl methyl sites for hydroxylation is 1. The van der Waals surface area contributed by atoms with Crippen LogP contribution in [0.3, 0.4) is 0 Å². The molecule has 0 bridgehead atoms. The highest BCUT2D eigenvalue weighted by molar-refractivity contribution is 7.88. The minimum Gasteiger partial charge on any atom is -0.213 e. The first-order chi connectivity index (χ1) is 6.99. The molecular weight excluding hydrogens is 210 g/mol. The third kappa shape index (κ3) is 6.25. The van der Waals surface area contributed by atoms with Crippen LogP contribution in [0.4, 0.5) is 0 Å². The van der Waals surface area contributed by atoms with Crippen LogP contribution in [-0.2, 0) is 16.6 Å². The second kappa shape index (κ2) is 6.58. The lowest BCUT2D eigenvalue weighted by Gasteiger charge is -2.05. The maximum atomic E-state index is 10.8. The van der Waals surface area contributed by atoms with Crippen molar-refractivity contribution in [3.05, 3.63) is 35.4 Å². The molecule has 1 rings (SSSR count). The Morgan fingerprint density at radius 2 is 1.73 bits per heavy atom. The van der Waals surface area contributed by atoms with Crippen molar-refractivity contribution < 1.29 is 8.42 Å². The van der Waals surface area contributed by atoms with Crippen molar-refractivity contribution in [3.63, 3.8) is 0 Å². The van der Waals surface area contributed by atoms with Gasteiger partial charge in [0.1, 0.15) is 0 Å². The van der Waals surface area contributed by atoms with E-state index in [0.717, 1.165) is 17.4 Å². The van der Waals surface area contributed by atoms with Crippen LogP contribution in [-0.4, -0.2) is 14.7 Å². The van der Waals surface area contributed by atoms with Crippen LogP contribution in [0.15, 0.2) is 24.3 Å². The standard InChI is InChI=1S/C9H13NO2S.C2H6/c1-8-5-3-4-6-9(8)7-10-13(2,11)12;1-2/h3-6,10H,7H2,1-2H3;1-2H3. The summed E-state index contributed by atoms with van der Waals surface area (Å²) in [5.41, 5.74) is 2.10. The van der Waals surface area contributed by atoms with Crippen LogP contribution < -0.4 is 4.72 Å². The zero-order chi connectivity index (χ0) is 11.9. The molecule has 0 amide bonds. The van der Waals surface area contributed by atoms with Gasteiger partial charge in [-0.25, -0.2) is 13.1 Å². The summed E-state index contributed by atoms with van der Waals surface area (Å²) in [5, 5.41) is 0. The highest BCUT2D eigenvalue weighted by atomic mass is 32.2. The lowest BCUT2D eigenvalue weighted by molar-refractivity contribution is 0.587. The summed E-state index contributed by atoms with van der Waals surface area (Å²) in [4.78, 5) is 0. The quantitative estimate of drug-likeness (QED) is 0.862. The molecule has 0 unspecified atom stereocenters. The Labute approximate surface area is 92.6 Å². The lowest BCUT2D eigenvalue weighted by Crippen LogP contribution is -2.21. The zero-order valence-corrected chi connectivity index (χ0v) is 10.6. The first-order valence-electron chi connectivity index (χ1n) is 4.98. The SMILES string of the molecule is CC.Cc1ccccc1CNS(C)(=O)=O. The van der Waals surface area contributed by atoms with Crippen LogP contribution in [0.25, 0.3) is 0 Å². The molecule has 0 saturated heterocycles. The van der Waals surface area contributed by atoms with Crippen molar-refractivity contribution in [2.45, 2.75) is 27.3 Å². The smallest absolute Gasteiger partial charge is 0.209 e. The monoisotopic (exact) mass is 229 g/mol. The van der Waals surface area contributed by atoms with E-state index in [2.05, 4.69) is 4.72 Å². The number of sulfonamides is 1. The van der Waals surface area contributed by atoms with Gasteiger partial charge in [0.05, 0.1) is 6.26 Å². The molecule has 15 heavy (non-hydrogen) atoms. The fourth-order valence-electron chi connectivity index (χ4n) is 1.02. The third-order valence-corrected chi connectivity index (χ3v) is 2.45. The summed E-state index contributed by atoms with van der Waals surface area (Å²) in [6.07, 6.45) is 1.16. The number of nitrogens with one attached hydrogen (secondary N) is 1. The van der Waals surface area contributed by atoms with Gasteiger partial charge in [0.2, 0.25) is 10.0 Å². The van der Waals surface area contributed by atoms with Gasteiger partial charge in [-0.05, 0) is 18.1 Å². The topological polar surface area (TPSA) is 46.2 Å². The van der Waals surface area contributed by atoms with E-state index in [1.54, 1.807) is 0 Å². The van der Waals surface area contributed by atoms with E-state index in [0.29, 0.717) is 6.54 Å². The van der Waals surface area contributed by atoms with Crippen LogP contribution in [0, 0.1) is 6.92 Å². The first-order valence-corrected chi connectivity index (χ1v) is 6.87. The van der Waals surface area contributed by atoms with Gasteiger partial charge in [0, 0.05) is 6.54 Å². The Hall–Kier alpha value is -0.870. The predicted molar refractivity (Wildman–Crippen MR) is 64.2 cm³/mol. The Morgan fingerprint density at radius 1 is 1.20 bits per heavy atom. The Balaban J connectivity index is 0.000000921. The summed E-state index contributed by atoms with van der Waals surface area (Å²) in [7, 11) is -3.09. The van der Waals surface area contributed by atoms with Crippen molar-refractivity contribution in [1.29, 1.82) is 0 Å². The Kier molecular flexibility index (Phi) is 6.20. The van der Waals surface area contributed by atoms with E-state index < -0.39 is 10.0 Å². The maximum absolute atomic E-state index is 10.8. The largest absolute Gasteiger partial charge is 0.213 e. The van der Waals surface area contributed by atoms with Crippen LogP contribution in [0.5, 0.6) is 0 Å². The van der Waals surface area contributed by atoms with E-state index >= 15 is 0 Å². The molecule has 0 fully saturated rings. The van der Waals surface area contributed by atoms with Crippen molar-refractivity contribution in [1.82, 2.24) is 4.72 Å². The number of rotatable bonds is 3. The average molecular weight is 229 g/mol. The summed E-state index contributed by atoms with van der Waals surface area (Å²) >= 11 is 0. The number of hydrogen-bond acceptors (Lipinski definition) is 2. The molecule has 0 atom stereocenters. The van der Waals surface area contributed by atoms with Gasteiger partial charge >= 0.3 is 0 Å². The highest BCUT2D eigenvalue weighted by Crippen LogP contribution is 2.06. The van der Waals surface area contributed by atoms with E-state index in [4.69, 9.17) is 0 Å². The molecular formula is C11H19NO2S. The molecule has 1 aromatic carbocycles. The molecule has 0 heterocycles. The van der Waals surface area contributed by atoms with E-state index in [-0.39, 0.29) is 0 Å². The highest BCUT2D eigenvalue weighted by Gasteiger charge is 2.01. The van der Waals surface area contributed by atoms with Crippen molar-refractivity contribution >= 4 is 10.0 Å². The summed E-state index contributed by atoms with van der Waals surface area (Å²) < 4.78 is 24.1. The van der Waals surface area contributed by atoms with E-state index in [1.165, 1.54) is 0 Å². The normalized spacial score (nSPS) is 10.4. The van der Waals surface area contributed by atoms with Gasteiger partial charge in [0.25, 0.3) is 0 Å². The van der Waals surface area contributed by atoms with Crippen LogP contribution in [0.1, 0.15) is 25.0 Å². The van der Waals surface area contributed by atoms with Crippen molar-refractivity contribution in [2.75, 3.05) is 6.26 Å². The Bertz CT molecular complexity index is 385. The molecule has 0 saturated carbocycles. The molecule has 0 aromatic heterocycles. The number of benzene rings is 1. The van der Waals surface area contributed by atoms with E-state index in [9.17, 15) is 8.42 Å². The second-order valence-electron chi connectivity index (χ2n) is 3.02. The van der Waals surface area contributed by atoms with Gasteiger partial charge < -0.3 is 0 Å². The minimum atomic E-state index is -3.09. The van der Waals surface area contributed by atoms with Crippen LogP contribution in [0.2, 0.25) is 0 Å². The lowest BCUT2D eigenvalue weighted by atomic mass is 10.1. The Morgan fingerprint density at radius 3 is 2.20 bits per heavy atom. The molecule has 1 aromatic rings. The third-order valence-electron chi connectivity index (χ3n) is 1.79. The van der Waals surface area contributed by atoms with Crippen LogP contribution >= 0.6 is 0 Å². The molecule has 0 radical (unpaired) electrons. The summed E-state index contributed by atoms with van der Waals surface area (Å²) in [6, 6.07) is 7.69. The van der Waals surface area contributed by atoms with Crippen molar-refractivity contribution in [3.8, 4) is 0 Å². The van der Waals surface area contributed by atoms with Crippen molar-refractivity contribution in [2.24, 2.45) is 0 Å². The van der Waals surface area contributed by atoms with E-state index in [1.807, 2.05) is 45.0 Å². The van der Waals surface area contributed by atoms with Gasteiger partial charge in [-0.3, -0.25) is 0 Å². The molecule has 3 nitrogen and oxygen atoms in total. The van der Waals surface area contributed by atoms with Gasteiger partial charge in [-0.1, -0.05) is 38.1 Å². The molecule has 0 aliphatic carbocycles. The molecule has 0 aliphatic heterocycles. The summed E-state index contributed by atoms with van der Waals surface area (Å²) in [6.45, 7) is 6.32. The first kappa shape index (κ1) is 14.1. The van der Waals surface area contributed by atoms with Gasteiger partial charge in [-0.15, -0.1) is 0 Å². The fourth-order valence-corrected chi connectivity index (χ4v) is 1.43. The molecule has 4 heteroatoms. The molecule has 1 N–H and O–H groups in total. The fraction of sp³-hybridized carbons (Fsp3) is 0.455. The molecule has 0 spiro atoms. The zero-order valence-electron chi connectivity index (χ0n) is 9.74. The maximum Gasteiger partial charge on any atom is 0.209 e. The minimum absolute atomic E-state index is 0.367. The summed E-state index contributed by atoms with van der Waals surface area (Å²) in [5.74, 6) is 0. The van der Waals surface area contributed by atoms with Gasteiger partial charge in [0.15, 0.2) is 0 Å².